The van der Waals surface area contributed by atoms with Crippen molar-refractivity contribution in [3.05, 3.63) is 53.6 Å². The molecule has 0 aliphatic carbocycles. The molecule has 0 saturated heterocycles. The number of hydrogen-bond acceptors (Lipinski definition) is 3. The van der Waals surface area contributed by atoms with Crippen LogP contribution in [-0.4, -0.2) is 16.5 Å². The highest BCUT2D eigenvalue weighted by Gasteiger charge is 1.98. The maximum absolute atomic E-state index is 12.6. The second kappa shape index (κ2) is 5.39. The third-order valence-corrected chi connectivity index (χ3v) is 2.56. The fourth-order valence-electron chi connectivity index (χ4n) is 1.60. The van der Waals surface area contributed by atoms with Gasteiger partial charge in [0.05, 0.1) is 12.4 Å². The van der Waals surface area contributed by atoms with Crippen LogP contribution in [0, 0.1) is 12.7 Å². The third-order valence-electron chi connectivity index (χ3n) is 2.56. The Morgan fingerprint density at radius 3 is 2.59 bits per heavy atom. The van der Waals surface area contributed by atoms with Crippen molar-refractivity contribution in [2.75, 3.05) is 11.9 Å². The molecule has 0 atom stereocenters. The summed E-state index contributed by atoms with van der Waals surface area (Å²) in [6.45, 7) is 2.82. The highest BCUT2D eigenvalue weighted by atomic mass is 19.1. The molecule has 1 heterocycles. The largest absolute Gasteiger partial charge is 0.354 e. The molecule has 0 radical (unpaired) electrons. The minimum absolute atomic E-state index is 0.422. The van der Waals surface area contributed by atoms with E-state index >= 15 is 0 Å². The number of halogens is 1. The Morgan fingerprint density at radius 2 is 1.88 bits per heavy atom. The fraction of sp³-hybridized carbons (Fsp3) is 0.231. The highest BCUT2D eigenvalue weighted by molar-refractivity contribution is 5.28. The van der Waals surface area contributed by atoms with Crippen molar-refractivity contribution < 1.29 is 4.39 Å². The van der Waals surface area contributed by atoms with Gasteiger partial charge in [-0.15, -0.1) is 0 Å². The third kappa shape index (κ3) is 3.24. The number of anilines is 1. The molecule has 0 fully saturated rings. The van der Waals surface area contributed by atoms with Crippen LogP contribution in [0.15, 0.2) is 36.7 Å². The first-order chi connectivity index (χ1) is 8.25. The van der Waals surface area contributed by atoms with Crippen molar-refractivity contribution in [3.8, 4) is 0 Å². The monoisotopic (exact) mass is 231 g/mol. The minimum atomic E-state index is -0.422. The van der Waals surface area contributed by atoms with E-state index in [0.717, 1.165) is 25.4 Å². The van der Waals surface area contributed by atoms with Crippen molar-refractivity contribution >= 4 is 5.95 Å². The van der Waals surface area contributed by atoms with E-state index < -0.39 is 5.82 Å². The molecule has 0 aliphatic heterocycles. The molecule has 0 unspecified atom stereocenters. The lowest BCUT2D eigenvalue weighted by molar-refractivity contribution is 0.614. The predicted molar refractivity (Wildman–Crippen MR) is 65.4 cm³/mol. The van der Waals surface area contributed by atoms with E-state index in [0.29, 0.717) is 5.95 Å². The highest BCUT2D eigenvalue weighted by Crippen LogP contribution is 2.07. The molecule has 2 rings (SSSR count). The predicted octanol–water partition coefficient (Wildman–Crippen LogP) is 2.58. The molecule has 1 aromatic carbocycles. The van der Waals surface area contributed by atoms with Gasteiger partial charge < -0.3 is 5.32 Å². The minimum Gasteiger partial charge on any atom is -0.354 e. The van der Waals surface area contributed by atoms with E-state index in [-0.39, 0.29) is 0 Å². The van der Waals surface area contributed by atoms with Gasteiger partial charge in [0.25, 0.3) is 0 Å². The summed E-state index contributed by atoms with van der Waals surface area (Å²) >= 11 is 0. The Kier molecular flexibility index (Phi) is 3.65. The molecule has 17 heavy (non-hydrogen) atoms. The Hall–Kier alpha value is -1.97. The second-order valence-electron chi connectivity index (χ2n) is 3.83. The lowest BCUT2D eigenvalue weighted by Gasteiger charge is -2.06. The average Bonchev–Trinajstić information content (AvgIpc) is 2.34. The zero-order valence-corrected chi connectivity index (χ0v) is 9.65. The zero-order valence-electron chi connectivity index (χ0n) is 9.65. The molecule has 0 aliphatic rings. The number of benzene rings is 1. The van der Waals surface area contributed by atoms with Crippen LogP contribution in [0.5, 0.6) is 0 Å². The van der Waals surface area contributed by atoms with Crippen molar-refractivity contribution in [3.63, 3.8) is 0 Å². The normalized spacial score (nSPS) is 10.2. The summed E-state index contributed by atoms with van der Waals surface area (Å²) in [4.78, 5) is 7.67. The summed E-state index contributed by atoms with van der Waals surface area (Å²) in [5.74, 6) is 0.0365. The smallest absolute Gasteiger partial charge is 0.222 e. The van der Waals surface area contributed by atoms with Crippen LogP contribution in [0.1, 0.15) is 11.1 Å². The molecule has 3 nitrogen and oxygen atoms in total. The number of aryl methyl sites for hydroxylation is 1. The van der Waals surface area contributed by atoms with Gasteiger partial charge in [-0.05, 0) is 24.5 Å². The molecule has 0 saturated carbocycles. The molecule has 4 heteroatoms. The molecular formula is C13H14FN3. The van der Waals surface area contributed by atoms with E-state index in [9.17, 15) is 4.39 Å². The number of nitrogens with zero attached hydrogens (tertiary/aromatic N) is 2. The van der Waals surface area contributed by atoms with Crippen molar-refractivity contribution in [2.24, 2.45) is 0 Å². The Bertz CT molecular complexity index is 482. The van der Waals surface area contributed by atoms with Crippen LogP contribution in [0.4, 0.5) is 10.3 Å². The summed E-state index contributed by atoms with van der Waals surface area (Å²) in [6.07, 6.45) is 3.21. The summed E-state index contributed by atoms with van der Waals surface area (Å²) in [7, 11) is 0. The Labute approximate surface area is 99.7 Å². The zero-order chi connectivity index (χ0) is 12.1. The first-order valence-corrected chi connectivity index (χ1v) is 5.51. The topological polar surface area (TPSA) is 37.8 Å². The van der Waals surface area contributed by atoms with E-state index in [1.807, 2.05) is 12.1 Å². The molecule has 1 N–H and O–H groups in total. The van der Waals surface area contributed by atoms with Gasteiger partial charge in [-0.2, -0.15) is 0 Å². The number of rotatable bonds is 4. The first kappa shape index (κ1) is 11.5. The molecule has 88 valence electrons. The van der Waals surface area contributed by atoms with Gasteiger partial charge in [0.15, 0.2) is 5.82 Å². The van der Waals surface area contributed by atoms with E-state index in [1.54, 1.807) is 0 Å². The van der Waals surface area contributed by atoms with E-state index in [1.165, 1.54) is 11.1 Å². The van der Waals surface area contributed by atoms with Crippen LogP contribution in [0.25, 0.3) is 0 Å². The maximum Gasteiger partial charge on any atom is 0.222 e. The molecular weight excluding hydrogens is 217 g/mol. The van der Waals surface area contributed by atoms with Crippen LogP contribution >= 0.6 is 0 Å². The lowest BCUT2D eigenvalue weighted by atomic mass is 10.1. The van der Waals surface area contributed by atoms with Gasteiger partial charge in [-0.1, -0.05) is 24.3 Å². The van der Waals surface area contributed by atoms with Gasteiger partial charge in [-0.25, -0.2) is 14.4 Å². The summed E-state index contributed by atoms with van der Waals surface area (Å²) < 4.78 is 12.6. The van der Waals surface area contributed by atoms with Crippen molar-refractivity contribution in [1.29, 1.82) is 0 Å². The van der Waals surface area contributed by atoms with Crippen LogP contribution in [0.2, 0.25) is 0 Å². The van der Waals surface area contributed by atoms with Gasteiger partial charge >= 0.3 is 0 Å². The Balaban J connectivity index is 1.88. The van der Waals surface area contributed by atoms with E-state index in [4.69, 9.17) is 0 Å². The van der Waals surface area contributed by atoms with Gasteiger partial charge in [0.1, 0.15) is 0 Å². The fourth-order valence-corrected chi connectivity index (χ4v) is 1.60. The summed E-state index contributed by atoms with van der Waals surface area (Å²) in [5, 5.41) is 3.06. The molecule has 0 spiro atoms. The van der Waals surface area contributed by atoms with Crippen LogP contribution in [-0.2, 0) is 6.42 Å². The van der Waals surface area contributed by atoms with Crippen molar-refractivity contribution in [2.45, 2.75) is 13.3 Å². The van der Waals surface area contributed by atoms with Gasteiger partial charge in [0.2, 0.25) is 5.95 Å². The quantitative estimate of drug-likeness (QED) is 0.878. The SMILES string of the molecule is Cc1ccccc1CCNc1ncc(F)cn1. The van der Waals surface area contributed by atoms with Crippen LogP contribution < -0.4 is 5.32 Å². The van der Waals surface area contributed by atoms with Crippen molar-refractivity contribution in [1.82, 2.24) is 9.97 Å². The molecule has 0 amide bonds. The van der Waals surface area contributed by atoms with E-state index in [2.05, 4.69) is 34.3 Å². The molecule has 1 aromatic heterocycles. The number of aromatic nitrogens is 2. The number of nitrogens with one attached hydrogen (secondary N) is 1. The molecule has 0 bridgehead atoms. The van der Waals surface area contributed by atoms with Crippen LogP contribution in [0.3, 0.4) is 0 Å². The average molecular weight is 231 g/mol. The van der Waals surface area contributed by atoms with Gasteiger partial charge in [-0.3, -0.25) is 0 Å². The first-order valence-electron chi connectivity index (χ1n) is 5.51. The number of hydrogen-bond donors (Lipinski definition) is 1. The Morgan fingerprint density at radius 1 is 1.18 bits per heavy atom. The summed E-state index contributed by atoms with van der Waals surface area (Å²) in [5.41, 5.74) is 2.57. The molecule has 2 aromatic rings. The standard InChI is InChI=1S/C13H14FN3/c1-10-4-2-3-5-11(10)6-7-15-13-16-8-12(14)9-17-13/h2-5,8-9H,6-7H2,1H3,(H,15,16,17). The maximum atomic E-state index is 12.6. The lowest BCUT2D eigenvalue weighted by Crippen LogP contribution is -2.08. The summed E-state index contributed by atoms with van der Waals surface area (Å²) in [6, 6.07) is 8.23. The second-order valence-corrected chi connectivity index (χ2v) is 3.83. The van der Waals surface area contributed by atoms with Gasteiger partial charge in [0, 0.05) is 6.54 Å².